The van der Waals surface area contributed by atoms with Crippen molar-refractivity contribution in [1.82, 2.24) is 9.97 Å². The minimum absolute atomic E-state index is 0.0450. The molecule has 0 aliphatic rings. The Labute approximate surface area is 110 Å². The fraction of sp³-hybridized carbons (Fsp3) is 0.167. The largest absolute Gasteiger partial charge is 0.465 e. The number of imidazole rings is 1. The molecule has 0 aliphatic carbocycles. The number of aromatic nitrogens is 2. The van der Waals surface area contributed by atoms with Crippen molar-refractivity contribution in [2.45, 2.75) is 6.18 Å². The number of carbonyl (C=O) groups is 1. The van der Waals surface area contributed by atoms with Gasteiger partial charge in [-0.25, -0.2) is 14.2 Å². The van der Waals surface area contributed by atoms with Gasteiger partial charge in [0, 0.05) is 0 Å². The number of nitrogens with one attached hydrogen (secondary N) is 1. The van der Waals surface area contributed by atoms with Crippen LogP contribution in [0, 0.1) is 5.82 Å². The molecule has 0 unspecified atom stereocenters. The molecular weight excluding hydrogens is 280 g/mol. The summed E-state index contributed by atoms with van der Waals surface area (Å²) >= 11 is 0. The van der Waals surface area contributed by atoms with E-state index in [2.05, 4.69) is 9.72 Å². The topological polar surface area (TPSA) is 55.0 Å². The van der Waals surface area contributed by atoms with Crippen LogP contribution in [-0.4, -0.2) is 23.0 Å². The first kappa shape index (κ1) is 14.0. The highest BCUT2D eigenvalue weighted by Gasteiger charge is 2.33. The lowest BCUT2D eigenvalue weighted by Gasteiger charge is -2.04. The van der Waals surface area contributed by atoms with Gasteiger partial charge in [0.15, 0.2) is 0 Å². The number of hydrogen-bond donors (Lipinski definition) is 1. The third kappa shape index (κ3) is 2.63. The zero-order chi connectivity index (χ0) is 14.9. The molecule has 0 saturated carbocycles. The predicted octanol–water partition coefficient (Wildman–Crippen LogP) is 3.02. The van der Waals surface area contributed by atoms with Crippen LogP contribution < -0.4 is 0 Å². The Balaban J connectivity index is 2.39. The normalized spacial score (nSPS) is 11.4. The van der Waals surface area contributed by atoms with Crippen LogP contribution >= 0.6 is 0 Å². The molecule has 1 heterocycles. The van der Waals surface area contributed by atoms with E-state index in [1.54, 1.807) is 0 Å². The first-order chi connectivity index (χ1) is 9.32. The van der Waals surface area contributed by atoms with Gasteiger partial charge in [0.25, 0.3) is 0 Å². The molecule has 0 saturated heterocycles. The number of benzene rings is 1. The number of hydrogen-bond acceptors (Lipinski definition) is 3. The Kier molecular flexibility index (Phi) is 3.47. The number of carbonyl (C=O) groups excluding carboxylic acids is 1. The van der Waals surface area contributed by atoms with Gasteiger partial charge in [-0.05, 0) is 18.2 Å². The Morgan fingerprint density at radius 3 is 2.55 bits per heavy atom. The Hall–Kier alpha value is -2.38. The number of nitrogens with zero attached hydrogens (tertiary/aromatic N) is 1. The fourth-order valence-electron chi connectivity index (χ4n) is 1.55. The number of ether oxygens (including phenoxy) is 1. The zero-order valence-corrected chi connectivity index (χ0v) is 10.1. The van der Waals surface area contributed by atoms with Gasteiger partial charge in [-0.2, -0.15) is 13.2 Å². The molecule has 106 valence electrons. The summed E-state index contributed by atoms with van der Waals surface area (Å²) in [4.78, 5) is 16.6. The third-order valence-corrected chi connectivity index (χ3v) is 2.53. The first-order valence-electron chi connectivity index (χ1n) is 5.33. The second kappa shape index (κ2) is 4.95. The third-order valence-electron chi connectivity index (χ3n) is 2.53. The van der Waals surface area contributed by atoms with Crippen LogP contribution in [0.2, 0.25) is 0 Å². The van der Waals surface area contributed by atoms with E-state index in [-0.39, 0.29) is 17.0 Å². The molecule has 1 aromatic heterocycles. The summed E-state index contributed by atoms with van der Waals surface area (Å²) in [7, 11) is 1.14. The van der Waals surface area contributed by atoms with Crippen molar-refractivity contribution in [3.05, 3.63) is 41.5 Å². The molecule has 0 fully saturated rings. The van der Waals surface area contributed by atoms with E-state index in [4.69, 9.17) is 0 Å². The standard InChI is InChI=1S/C12H8F4N2O2/c1-20-11(19)6-2-3-7(8(13)4-6)10-17-5-9(18-10)12(14,15)16/h2-5H,1H3,(H,17,18). The molecule has 2 rings (SSSR count). The zero-order valence-electron chi connectivity index (χ0n) is 10.1. The van der Waals surface area contributed by atoms with Crippen molar-refractivity contribution in [3.63, 3.8) is 0 Å². The number of halogens is 4. The van der Waals surface area contributed by atoms with Crippen LogP contribution in [0.25, 0.3) is 11.4 Å². The second-order valence-electron chi connectivity index (χ2n) is 3.83. The highest BCUT2D eigenvalue weighted by molar-refractivity contribution is 5.89. The van der Waals surface area contributed by atoms with Crippen molar-refractivity contribution < 1.29 is 27.1 Å². The van der Waals surface area contributed by atoms with Crippen molar-refractivity contribution >= 4 is 5.97 Å². The number of esters is 1. The van der Waals surface area contributed by atoms with E-state index < -0.39 is 23.7 Å². The van der Waals surface area contributed by atoms with E-state index in [0.29, 0.717) is 6.20 Å². The van der Waals surface area contributed by atoms with Gasteiger partial charge in [0.1, 0.15) is 17.3 Å². The van der Waals surface area contributed by atoms with Gasteiger partial charge in [-0.15, -0.1) is 0 Å². The molecule has 1 aromatic carbocycles. The number of rotatable bonds is 2. The van der Waals surface area contributed by atoms with Crippen LogP contribution in [-0.2, 0) is 10.9 Å². The van der Waals surface area contributed by atoms with E-state index in [1.165, 1.54) is 6.07 Å². The molecule has 0 atom stereocenters. The van der Waals surface area contributed by atoms with Crippen LogP contribution in [0.1, 0.15) is 16.1 Å². The molecule has 0 amide bonds. The summed E-state index contributed by atoms with van der Waals surface area (Å²) < 4.78 is 55.4. The van der Waals surface area contributed by atoms with Gasteiger partial charge < -0.3 is 9.72 Å². The molecule has 0 aliphatic heterocycles. The molecule has 0 bridgehead atoms. The first-order valence-corrected chi connectivity index (χ1v) is 5.33. The van der Waals surface area contributed by atoms with E-state index in [0.717, 1.165) is 19.2 Å². The molecule has 4 nitrogen and oxygen atoms in total. The Bertz CT molecular complexity index is 649. The number of H-pyrrole nitrogens is 1. The quantitative estimate of drug-likeness (QED) is 0.682. The molecular formula is C12H8F4N2O2. The average molecular weight is 288 g/mol. The fourth-order valence-corrected chi connectivity index (χ4v) is 1.55. The number of alkyl halides is 3. The van der Waals surface area contributed by atoms with Crippen molar-refractivity contribution in [1.29, 1.82) is 0 Å². The highest BCUT2D eigenvalue weighted by Crippen LogP contribution is 2.30. The predicted molar refractivity (Wildman–Crippen MR) is 60.3 cm³/mol. The van der Waals surface area contributed by atoms with Crippen LogP contribution in [0.15, 0.2) is 24.4 Å². The van der Waals surface area contributed by atoms with Crippen LogP contribution in [0.4, 0.5) is 17.6 Å². The number of methoxy groups -OCH3 is 1. The summed E-state index contributed by atoms with van der Waals surface area (Å²) in [6.45, 7) is 0. The minimum atomic E-state index is -4.59. The van der Waals surface area contributed by atoms with Gasteiger partial charge in [-0.1, -0.05) is 0 Å². The average Bonchev–Trinajstić information content (AvgIpc) is 2.87. The van der Waals surface area contributed by atoms with Crippen LogP contribution in [0.5, 0.6) is 0 Å². The summed E-state index contributed by atoms with van der Waals surface area (Å²) in [6, 6.07) is 3.26. The Morgan fingerprint density at radius 2 is 2.05 bits per heavy atom. The molecule has 0 radical (unpaired) electrons. The maximum Gasteiger partial charge on any atom is 0.432 e. The monoisotopic (exact) mass is 288 g/mol. The van der Waals surface area contributed by atoms with Crippen molar-refractivity contribution in [2.24, 2.45) is 0 Å². The minimum Gasteiger partial charge on any atom is -0.465 e. The lowest BCUT2D eigenvalue weighted by atomic mass is 10.1. The lowest BCUT2D eigenvalue weighted by Crippen LogP contribution is -2.05. The summed E-state index contributed by atoms with van der Waals surface area (Å²) in [5.41, 5.74) is -1.30. The smallest absolute Gasteiger partial charge is 0.432 e. The van der Waals surface area contributed by atoms with Gasteiger partial charge in [0.05, 0.1) is 24.4 Å². The summed E-state index contributed by atoms with van der Waals surface area (Å²) in [6.07, 6.45) is -4.02. The van der Waals surface area contributed by atoms with Crippen molar-refractivity contribution in [2.75, 3.05) is 7.11 Å². The van der Waals surface area contributed by atoms with E-state index in [9.17, 15) is 22.4 Å². The van der Waals surface area contributed by atoms with Gasteiger partial charge in [-0.3, -0.25) is 0 Å². The summed E-state index contributed by atoms with van der Waals surface area (Å²) in [5.74, 6) is -1.90. The molecule has 8 heteroatoms. The maximum absolute atomic E-state index is 13.8. The highest BCUT2D eigenvalue weighted by atomic mass is 19.4. The maximum atomic E-state index is 13.8. The second-order valence-corrected chi connectivity index (χ2v) is 3.83. The number of aromatic amines is 1. The van der Waals surface area contributed by atoms with E-state index in [1.807, 2.05) is 4.98 Å². The van der Waals surface area contributed by atoms with Gasteiger partial charge >= 0.3 is 12.1 Å². The van der Waals surface area contributed by atoms with E-state index >= 15 is 0 Å². The Morgan fingerprint density at radius 1 is 1.35 bits per heavy atom. The lowest BCUT2D eigenvalue weighted by molar-refractivity contribution is -0.140. The summed E-state index contributed by atoms with van der Waals surface area (Å²) in [5, 5.41) is 0. The SMILES string of the molecule is COC(=O)c1ccc(-c2ncc(C(F)(F)F)[nH]2)c(F)c1. The van der Waals surface area contributed by atoms with Crippen LogP contribution in [0.3, 0.4) is 0 Å². The molecule has 20 heavy (non-hydrogen) atoms. The molecule has 2 aromatic rings. The molecule has 1 N–H and O–H groups in total. The van der Waals surface area contributed by atoms with Crippen molar-refractivity contribution in [3.8, 4) is 11.4 Å². The molecule has 0 spiro atoms. The van der Waals surface area contributed by atoms with Gasteiger partial charge in [0.2, 0.25) is 0 Å².